The largest absolute Gasteiger partial charge is 0.504 e. The number of benzene rings is 2. The van der Waals surface area contributed by atoms with E-state index in [0.717, 1.165) is 48.5 Å². The molecule has 6 nitrogen and oxygen atoms in total. The quantitative estimate of drug-likeness (QED) is 0.623. The van der Waals surface area contributed by atoms with Gasteiger partial charge in [0.25, 0.3) is 0 Å². The third-order valence-electron chi connectivity index (χ3n) is 9.45. The number of piperidine rings is 1. The van der Waals surface area contributed by atoms with E-state index >= 15 is 0 Å². The molecule has 1 spiro atoms. The summed E-state index contributed by atoms with van der Waals surface area (Å²) >= 11 is 0. The Morgan fingerprint density at radius 1 is 1.11 bits per heavy atom. The number of hydrogen-bond acceptors (Lipinski definition) is 6. The zero-order valence-electron chi connectivity index (χ0n) is 20.0. The van der Waals surface area contributed by atoms with Crippen molar-refractivity contribution in [1.29, 1.82) is 0 Å². The van der Waals surface area contributed by atoms with Gasteiger partial charge in [0, 0.05) is 24.6 Å². The molecule has 7 rings (SSSR count). The Balaban J connectivity index is 1.20. The van der Waals surface area contributed by atoms with Crippen molar-refractivity contribution in [2.45, 2.75) is 80.6 Å². The maximum atomic E-state index is 12.9. The third kappa shape index (κ3) is 3.12. The van der Waals surface area contributed by atoms with E-state index in [1.807, 2.05) is 36.4 Å². The minimum absolute atomic E-state index is 0.0284. The zero-order valence-corrected chi connectivity index (χ0v) is 20.0. The van der Waals surface area contributed by atoms with Crippen LogP contribution >= 0.6 is 0 Å². The molecule has 3 aliphatic carbocycles. The third-order valence-corrected chi connectivity index (χ3v) is 9.45. The molecule has 2 bridgehead atoms. The van der Waals surface area contributed by atoms with Crippen LogP contribution in [0, 0.1) is 5.92 Å². The molecule has 5 aliphatic rings. The number of ether oxygens (including phenoxy) is 2. The predicted molar refractivity (Wildman–Crippen MR) is 129 cm³/mol. The van der Waals surface area contributed by atoms with E-state index in [9.17, 15) is 15.0 Å². The van der Waals surface area contributed by atoms with Gasteiger partial charge < -0.3 is 19.7 Å². The highest BCUT2D eigenvalue weighted by Crippen LogP contribution is 2.65. The molecule has 0 amide bonds. The van der Waals surface area contributed by atoms with Crippen molar-refractivity contribution in [3.63, 3.8) is 0 Å². The first-order valence-electron chi connectivity index (χ1n) is 13.2. The summed E-state index contributed by atoms with van der Waals surface area (Å²) in [7, 11) is 0. The standard InChI is InChI=1S/C29H33NO5/c31-21-10-9-20-16-23-29(33)13-12-22(34-24(32)11-8-18-4-2-1-3-5-18)27-28(29,25(20)26(21)35-27)14-15-30(23)17-19-6-7-19/h1-5,9-10,19,22-23,27,31,33H,6-8,11-17H2/t22-,23+,27+,28-,29+/m0/s1. The fraction of sp³-hybridized carbons (Fsp3) is 0.552. The monoisotopic (exact) mass is 475 g/mol. The highest BCUT2D eigenvalue weighted by molar-refractivity contribution is 5.70. The van der Waals surface area contributed by atoms with E-state index in [4.69, 9.17) is 9.47 Å². The number of phenolic OH excluding ortho intramolecular Hbond substituents is 1. The Morgan fingerprint density at radius 3 is 2.74 bits per heavy atom. The predicted octanol–water partition coefficient (Wildman–Crippen LogP) is 3.50. The van der Waals surface area contributed by atoms with Crippen molar-refractivity contribution < 1.29 is 24.5 Å². The number of nitrogens with zero attached hydrogens (tertiary/aromatic N) is 1. The number of hydrogen-bond donors (Lipinski definition) is 2. The van der Waals surface area contributed by atoms with Gasteiger partial charge >= 0.3 is 5.97 Å². The Hall–Kier alpha value is -2.57. The lowest BCUT2D eigenvalue weighted by Gasteiger charge is -2.64. The van der Waals surface area contributed by atoms with Crippen LogP contribution in [-0.4, -0.2) is 58.0 Å². The van der Waals surface area contributed by atoms with Crippen LogP contribution in [0.1, 0.15) is 55.2 Å². The summed E-state index contributed by atoms with van der Waals surface area (Å²) < 4.78 is 12.5. The maximum Gasteiger partial charge on any atom is 0.306 e. The summed E-state index contributed by atoms with van der Waals surface area (Å²) in [5.41, 5.74) is 1.63. The van der Waals surface area contributed by atoms with E-state index in [-0.39, 0.29) is 17.8 Å². The normalized spacial score (nSPS) is 34.7. The fourth-order valence-corrected chi connectivity index (χ4v) is 7.68. The molecule has 0 aromatic heterocycles. The molecule has 2 aromatic carbocycles. The lowest BCUT2D eigenvalue weighted by Crippen LogP contribution is -2.77. The summed E-state index contributed by atoms with van der Waals surface area (Å²) in [6.07, 6.45) is 5.26. The maximum absolute atomic E-state index is 12.9. The lowest BCUT2D eigenvalue weighted by atomic mass is 9.48. The van der Waals surface area contributed by atoms with E-state index in [1.54, 1.807) is 6.07 Å². The number of phenols is 1. The van der Waals surface area contributed by atoms with E-state index in [1.165, 1.54) is 12.8 Å². The van der Waals surface area contributed by atoms with Crippen LogP contribution in [0.5, 0.6) is 11.5 Å². The molecule has 1 saturated heterocycles. The number of esters is 1. The van der Waals surface area contributed by atoms with Crippen molar-refractivity contribution in [2.75, 3.05) is 13.1 Å². The minimum atomic E-state index is -0.955. The summed E-state index contributed by atoms with van der Waals surface area (Å²) in [6, 6.07) is 13.7. The number of carbonyl (C=O) groups is 1. The smallest absolute Gasteiger partial charge is 0.306 e. The second-order valence-electron chi connectivity index (χ2n) is 11.3. The van der Waals surface area contributed by atoms with Gasteiger partial charge in [-0.25, -0.2) is 0 Å². The zero-order chi connectivity index (χ0) is 23.8. The number of aryl methyl sites for hydroxylation is 1. The Kier molecular flexibility index (Phi) is 4.78. The first-order valence-corrected chi connectivity index (χ1v) is 13.2. The van der Waals surface area contributed by atoms with Gasteiger partial charge in [0.2, 0.25) is 0 Å². The Labute approximate surface area is 205 Å². The van der Waals surface area contributed by atoms with Crippen molar-refractivity contribution in [1.82, 2.24) is 4.90 Å². The van der Waals surface area contributed by atoms with Crippen LogP contribution in [0.15, 0.2) is 42.5 Å². The van der Waals surface area contributed by atoms with Crippen LogP contribution in [0.4, 0.5) is 0 Å². The number of rotatable bonds is 6. The fourth-order valence-electron chi connectivity index (χ4n) is 7.68. The van der Waals surface area contributed by atoms with E-state index in [0.29, 0.717) is 31.4 Å². The van der Waals surface area contributed by atoms with Gasteiger partial charge in [-0.1, -0.05) is 36.4 Å². The SMILES string of the molecule is O=C(CCc1ccccc1)O[C@H]1CC[C@@]2(O)[C@H]3Cc4ccc(O)c5c4[C@@]2(CCN3CC2CC2)[C@@H]1O5. The van der Waals surface area contributed by atoms with Gasteiger partial charge in [-0.05, 0) is 74.6 Å². The average Bonchev–Trinajstić information content (AvgIpc) is 3.60. The first-order chi connectivity index (χ1) is 17.0. The van der Waals surface area contributed by atoms with Gasteiger partial charge in [-0.3, -0.25) is 9.69 Å². The van der Waals surface area contributed by atoms with Gasteiger partial charge in [0.15, 0.2) is 11.5 Å². The molecular formula is C29H33NO5. The van der Waals surface area contributed by atoms with Crippen LogP contribution < -0.4 is 4.74 Å². The molecule has 0 radical (unpaired) electrons. The molecule has 2 aromatic rings. The number of aliphatic hydroxyl groups is 1. The molecule has 2 N–H and O–H groups in total. The molecule has 5 atom stereocenters. The Morgan fingerprint density at radius 2 is 1.94 bits per heavy atom. The highest BCUT2D eigenvalue weighted by Gasteiger charge is 2.73. The van der Waals surface area contributed by atoms with Crippen molar-refractivity contribution >= 4 is 5.97 Å². The van der Waals surface area contributed by atoms with Crippen molar-refractivity contribution in [3.8, 4) is 11.5 Å². The number of aromatic hydroxyl groups is 1. The van der Waals surface area contributed by atoms with Crippen LogP contribution in [0.25, 0.3) is 0 Å². The van der Waals surface area contributed by atoms with E-state index in [2.05, 4.69) is 4.90 Å². The van der Waals surface area contributed by atoms with Gasteiger partial charge in [-0.15, -0.1) is 0 Å². The molecule has 6 heteroatoms. The van der Waals surface area contributed by atoms with E-state index < -0.39 is 23.2 Å². The average molecular weight is 476 g/mol. The number of likely N-dealkylation sites (tertiary alicyclic amines) is 1. The highest BCUT2D eigenvalue weighted by atomic mass is 16.6. The molecule has 2 aliphatic heterocycles. The molecular weight excluding hydrogens is 442 g/mol. The molecule has 2 saturated carbocycles. The van der Waals surface area contributed by atoms with Gasteiger partial charge in [-0.2, -0.15) is 0 Å². The second kappa shape index (κ2) is 7.71. The minimum Gasteiger partial charge on any atom is -0.504 e. The van der Waals surface area contributed by atoms with Gasteiger partial charge in [0.1, 0.15) is 12.2 Å². The van der Waals surface area contributed by atoms with Crippen molar-refractivity contribution in [3.05, 3.63) is 59.2 Å². The second-order valence-corrected chi connectivity index (χ2v) is 11.3. The summed E-state index contributed by atoms with van der Waals surface area (Å²) in [5.74, 6) is 1.13. The van der Waals surface area contributed by atoms with Crippen LogP contribution in [0.3, 0.4) is 0 Å². The lowest BCUT2D eigenvalue weighted by molar-refractivity contribution is -0.216. The first kappa shape index (κ1) is 21.7. The topological polar surface area (TPSA) is 79.2 Å². The molecule has 3 fully saturated rings. The van der Waals surface area contributed by atoms with Crippen LogP contribution in [0.2, 0.25) is 0 Å². The molecule has 184 valence electrons. The van der Waals surface area contributed by atoms with Crippen LogP contribution in [-0.2, 0) is 27.8 Å². The molecule has 35 heavy (non-hydrogen) atoms. The molecule has 2 heterocycles. The Bertz CT molecular complexity index is 1160. The molecule has 0 unspecified atom stereocenters. The number of carbonyl (C=O) groups excluding carboxylic acids is 1. The van der Waals surface area contributed by atoms with Crippen molar-refractivity contribution in [2.24, 2.45) is 5.92 Å². The summed E-state index contributed by atoms with van der Waals surface area (Å²) in [5, 5.41) is 23.2. The summed E-state index contributed by atoms with van der Waals surface area (Å²) in [4.78, 5) is 15.4. The summed E-state index contributed by atoms with van der Waals surface area (Å²) in [6.45, 7) is 1.94. The van der Waals surface area contributed by atoms with Gasteiger partial charge in [0.05, 0.1) is 11.0 Å².